The Kier molecular flexibility index (Phi) is 7.73. The second kappa shape index (κ2) is 13.3. The van der Waals surface area contributed by atoms with Crippen molar-refractivity contribution in [1.82, 2.24) is 15.0 Å². The van der Waals surface area contributed by atoms with Crippen molar-refractivity contribution < 1.29 is 4.42 Å². The van der Waals surface area contributed by atoms with Gasteiger partial charge in [-0.25, -0.2) is 15.0 Å². The fraction of sp³-hybridized carbons (Fsp3) is 0. The summed E-state index contributed by atoms with van der Waals surface area (Å²) in [5.41, 5.74) is 9.50. The van der Waals surface area contributed by atoms with Crippen molar-refractivity contribution >= 4 is 49.8 Å². The first-order valence-electron chi connectivity index (χ1n) is 18.0. The summed E-state index contributed by atoms with van der Waals surface area (Å²) < 4.78 is 6.59. The number of para-hydroxylation sites is 3. The molecule has 10 rings (SSSR count). The van der Waals surface area contributed by atoms with Crippen molar-refractivity contribution in [2.24, 2.45) is 0 Å². The number of rotatable bonds is 7. The zero-order chi connectivity index (χ0) is 35.8. The fourth-order valence-electron chi connectivity index (χ4n) is 7.27. The van der Waals surface area contributed by atoms with Crippen LogP contribution in [0.1, 0.15) is 0 Å². The molecule has 0 N–H and O–H groups in total. The lowest BCUT2D eigenvalue weighted by Crippen LogP contribution is -2.10. The molecule has 0 radical (unpaired) electrons. The van der Waals surface area contributed by atoms with Crippen LogP contribution in [0, 0.1) is 0 Å². The summed E-state index contributed by atoms with van der Waals surface area (Å²) in [4.78, 5) is 17.7. The molecule has 8 aromatic carbocycles. The highest BCUT2D eigenvalue weighted by atomic mass is 16.3. The largest absolute Gasteiger partial charge is 0.456 e. The number of hydrogen-bond donors (Lipinski definition) is 0. The lowest BCUT2D eigenvalue weighted by Gasteiger charge is -2.26. The third kappa shape index (κ3) is 5.74. The third-order valence-corrected chi connectivity index (χ3v) is 9.88. The quantitative estimate of drug-likeness (QED) is 0.166. The van der Waals surface area contributed by atoms with Gasteiger partial charge < -0.3 is 9.32 Å². The van der Waals surface area contributed by atoms with Crippen molar-refractivity contribution in [3.63, 3.8) is 0 Å². The number of nitrogens with zero attached hydrogens (tertiary/aromatic N) is 4. The van der Waals surface area contributed by atoms with E-state index in [4.69, 9.17) is 19.4 Å². The molecular weight excluding hydrogens is 661 g/mol. The summed E-state index contributed by atoms with van der Waals surface area (Å²) >= 11 is 0. The van der Waals surface area contributed by atoms with E-state index in [1.807, 2.05) is 60.7 Å². The molecule has 2 heterocycles. The Bertz CT molecular complexity index is 2880. The molecule has 2 aromatic heterocycles. The minimum Gasteiger partial charge on any atom is -0.456 e. The number of aromatic nitrogens is 3. The minimum absolute atomic E-state index is 0.567. The highest BCUT2D eigenvalue weighted by Gasteiger charge is 2.22. The van der Waals surface area contributed by atoms with Crippen LogP contribution in [0.15, 0.2) is 199 Å². The number of benzene rings is 8. The van der Waals surface area contributed by atoms with E-state index in [0.29, 0.717) is 17.5 Å². The lowest BCUT2D eigenvalue weighted by atomic mass is 10.00. The van der Waals surface area contributed by atoms with Gasteiger partial charge in [-0.1, -0.05) is 146 Å². The summed E-state index contributed by atoms with van der Waals surface area (Å²) in [6, 6.07) is 66.8. The van der Waals surface area contributed by atoms with Crippen molar-refractivity contribution in [2.45, 2.75) is 0 Å². The molecule has 10 aromatic rings. The summed E-state index contributed by atoms with van der Waals surface area (Å²) in [5.74, 6) is 1.76. The van der Waals surface area contributed by atoms with Gasteiger partial charge in [0.05, 0.1) is 5.69 Å². The van der Waals surface area contributed by atoms with Gasteiger partial charge in [-0.3, -0.25) is 0 Å². The van der Waals surface area contributed by atoms with Crippen LogP contribution in [0.5, 0.6) is 0 Å². The van der Waals surface area contributed by atoms with E-state index in [1.54, 1.807) is 0 Å². The van der Waals surface area contributed by atoms with E-state index in [0.717, 1.165) is 66.8 Å². The maximum absolute atomic E-state index is 6.59. The van der Waals surface area contributed by atoms with Gasteiger partial charge in [0.2, 0.25) is 0 Å². The van der Waals surface area contributed by atoms with Crippen LogP contribution in [0.3, 0.4) is 0 Å². The van der Waals surface area contributed by atoms with Crippen LogP contribution >= 0.6 is 0 Å². The zero-order valence-corrected chi connectivity index (χ0v) is 29.2. The summed E-state index contributed by atoms with van der Waals surface area (Å²) in [7, 11) is 0. The van der Waals surface area contributed by atoms with E-state index in [1.165, 1.54) is 10.8 Å². The van der Waals surface area contributed by atoms with E-state index in [2.05, 4.69) is 138 Å². The monoisotopic (exact) mass is 692 g/mol. The first-order valence-corrected chi connectivity index (χ1v) is 18.0. The average molecular weight is 693 g/mol. The highest BCUT2D eigenvalue weighted by Crippen LogP contribution is 2.43. The summed E-state index contributed by atoms with van der Waals surface area (Å²) in [6.07, 6.45) is 0. The molecule has 54 heavy (non-hydrogen) atoms. The Morgan fingerprint density at radius 1 is 0.352 bits per heavy atom. The maximum Gasteiger partial charge on any atom is 0.164 e. The molecule has 0 unspecified atom stereocenters. The summed E-state index contributed by atoms with van der Waals surface area (Å²) in [6.45, 7) is 0. The number of furan rings is 1. The van der Waals surface area contributed by atoms with Crippen LogP contribution in [0.2, 0.25) is 0 Å². The Hall–Kier alpha value is -7.37. The predicted molar refractivity (Wildman–Crippen MR) is 221 cm³/mol. The van der Waals surface area contributed by atoms with Gasteiger partial charge in [0.25, 0.3) is 0 Å². The number of fused-ring (bicyclic) bond motifs is 4. The van der Waals surface area contributed by atoms with Crippen molar-refractivity contribution in [2.75, 3.05) is 4.90 Å². The molecule has 5 nitrogen and oxygen atoms in total. The summed E-state index contributed by atoms with van der Waals surface area (Å²) in [5, 5.41) is 4.40. The number of anilines is 3. The molecule has 0 bridgehead atoms. The Morgan fingerprint density at radius 2 is 0.889 bits per heavy atom. The van der Waals surface area contributed by atoms with Crippen LogP contribution in [-0.2, 0) is 0 Å². The topological polar surface area (TPSA) is 55.1 Å². The van der Waals surface area contributed by atoms with Crippen LogP contribution in [-0.4, -0.2) is 15.0 Å². The average Bonchev–Trinajstić information content (AvgIpc) is 3.63. The molecule has 0 saturated carbocycles. The first kappa shape index (κ1) is 31.4. The van der Waals surface area contributed by atoms with Crippen LogP contribution < -0.4 is 4.90 Å². The molecule has 0 saturated heterocycles. The smallest absolute Gasteiger partial charge is 0.164 e. The van der Waals surface area contributed by atoms with E-state index in [9.17, 15) is 0 Å². The van der Waals surface area contributed by atoms with Crippen LogP contribution in [0.25, 0.3) is 78.0 Å². The SMILES string of the molecule is c1ccc(-c2nc(-c3ccc(-c4ccc5ccccc5c4)cc3)nc(-c3cc(N(c4ccccc4)c4ccccc4)cc4oc5ccccc5c34)n2)cc1. The van der Waals surface area contributed by atoms with Crippen molar-refractivity contribution in [3.8, 4) is 45.3 Å². The predicted octanol–water partition coefficient (Wildman–Crippen LogP) is 13.1. The lowest BCUT2D eigenvalue weighted by molar-refractivity contribution is 0.669. The normalized spacial score (nSPS) is 11.3. The van der Waals surface area contributed by atoms with E-state index < -0.39 is 0 Å². The van der Waals surface area contributed by atoms with Crippen molar-refractivity contribution in [1.29, 1.82) is 0 Å². The second-order valence-corrected chi connectivity index (χ2v) is 13.3. The first-order chi connectivity index (χ1) is 26.7. The van der Waals surface area contributed by atoms with Gasteiger partial charge in [0.1, 0.15) is 11.2 Å². The minimum atomic E-state index is 0.567. The molecule has 0 aliphatic rings. The Labute approximate surface area is 312 Å². The van der Waals surface area contributed by atoms with E-state index in [-0.39, 0.29) is 0 Å². The third-order valence-electron chi connectivity index (χ3n) is 9.88. The highest BCUT2D eigenvalue weighted by molar-refractivity contribution is 6.13. The second-order valence-electron chi connectivity index (χ2n) is 13.3. The molecule has 0 amide bonds. The molecule has 0 aliphatic heterocycles. The van der Waals surface area contributed by atoms with Crippen LogP contribution in [0.4, 0.5) is 17.1 Å². The van der Waals surface area contributed by atoms with Gasteiger partial charge in [0, 0.05) is 44.9 Å². The Morgan fingerprint density at radius 3 is 1.59 bits per heavy atom. The molecule has 0 aliphatic carbocycles. The Balaban J connectivity index is 1.18. The van der Waals surface area contributed by atoms with Crippen molar-refractivity contribution in [3.05, 3.63) is 194 Å². The standard InChI is InChI=1S/C49H32N4O/c1-4-15-35(16-5-1)47-50-48(36-27-24-34(25-28-36)38-29-26-33-14-10-11-17-37(33)30-38)52-49(51-47)43-31-41(32-45-46(43)42-22-12-13-23-44(42)54-45)53(39-18-6-2-7-19-39)40-20-8-3-9-21-40/h1-32H. The molecule has 0 spiro atoms. The van der Waals surface area contributed by atoms with Gasteiger partial charge >= 0.3 is 0 Å². The molecule has 0 fully saturated rings. The van der Waals surface area contributed by atoms with Gasteiger partial charge in [-0.15, -0.1) is 0 Å². The number of hydrogen-bond acceptors (Lipinski definition) is 5. The maximum atomic E-state index is 6.59. The zero-order valence-electron chi connectivity index (χ0n) is 29.2. The molecular formula is C49H32N4O. The van der Waals surface area contributed by atoms with Gasteiger partial charge in [-0.05, 0) is 64.4 Å². The molecule has 5 heteroatoms. The molecule has 0 atom stereocenters. The van der Waals surface area contributed by atoms with E-state index >= 15 is 0 Å². The van der Waals surface area contributed by atoms with Gasteiger partial charge in [-0.2, -0.15) is 0 Å². The fourth-order valence-corrected chi connectivity index (χ4v) is 7.27. The van der Waals surface area contributed by atoms with Gasteiger partial charge in [0.15, 0.2) is 17.5 Å². The molecule has 254 valence electrons.